The quantitative estimate of drug-likeness (QED) is 0.168. The first-order chi connectivity index (χ1) is 33.0. The normalized spacial score (nSPS) is 15.2. The Morgan fingerprint density at radius 1 is 0.293 bits per heavy atom. The number of hydrogen-bond donors (Lipinski definition) is 0. The van der Waals surface area contributed by atoms with Crippen molar-refractivity contribution in [3.05, 3.63) is 182 Å². The zero-order chi connectivity index (χ0) is 46.1. The van der Waals surface area contributed by atoms with E-state index in [1.807, 2.05) is 69.8 Å². The minimum absolute atomic E-state index is 0.105. The Kier molecular flexibility index (Phi) is 3.85. The third-order valence-corrected chi connectivity index (χ3v) is 12.7. The van der Waals surface area contributed by atoms with E-state index in [0.29, 0.717) is 0 Å². The lowest BCUT2D eigenvalue weighted by molar-refractivity contribution is 1.18. The van der Waals surface area contributed by atoms with Crippen LogP contribution < -0.4 is 0 Å². The van der Waals surface area contributed by atoms with E-state index in [4.69, 9.17) is 13.7 Å². The van der Waals surface area contributed by atoms with Crippen LogP contribution in [-0.2, 0) is 0 Å². The van der Waals surface area contributed by atoms with Crippen LogP contribution in [-0.4, -0.2) is 17.9 Å². The summed E-state index contributed by atoms with van der Waals surface area (Å²) in [5.41, 5.74) is 9.27. The van der Waals surface area contributed by atoms with E-state index in [0.717, 1.165) is 120 Å². The van der Waals surface area contributed by atoms with Crippen molar-refractivity contribution < 1.29 is 13.7 Å². The molecule has 0 aliphatic carbocycles. The molecule has 0 amide bonds. The van der Waals surface area contributed by atoms with Crippen LogP contribution in [0.15, 0.2) is 182 Å². The fourth-order valence-electron chi connectivity index (χ4n) is 10.6. The van der Waals surface area contributed by atoms with Gasteiger partial charge in [0.15, 0.2) is 0 Å². The summed E-state index contributed by atoms with van der Waals surface area (Å²) in [6.45, 7) is 0. The van der Waals surface area contributed by atoms with Crippen LogP contribution in [0.4, 0.5) is 0 Å². The van der Waals surface area contributed by atoms with Gasteiger partial charge in [0.05, 0.1) is 68.9 Å². The number of benzene rings is 9. The lowest BCUT2D eigenvalue weighted by atomic mass is 10.0. The van der Waals surface area contributed by atoms with Gasteiger partial charge >= 0.3 is 0 Å². The fraction of sp³-hybridized carbons (Fsp3) is 0. The highest BCUT2D eigenvalue weighted by atomic mass is 15.0. The molecule has 9 aromatic carbocycles. The van der Waals surface area contributed by atoms with E-state index < -0.39 is 12.1 Å². The smallest absolute Gasteiger partial charge is 0.0645 e. The molecule has 0 saturated carbocycles. The molecule has 0 radical (unpaired) electrons. The minimum Gasteiger partial charge on any atom is -0.309 e. The van der Waals surface area contributed by atoms with Crippen molar-refractivity contribution in [1.29, 1.82) is 0 Å². The van der Waals surface area contributed by atoms with Gasteiger partial charge in [0.2, 0.25) is 0 Å². The predicted molar refractivity (Wildman–Crippen MR) is 244 cm³/mol. The first-order valence-corrected chi connectivity index (χ1v) is 19.3. The summed E-state index contributed by atoms with van der Waals surface area (Å²) in [4.78, 5) is 0. The van der Waals surface area contributed by atoms with Gasteiger partial charge in [0.25, 0.3) is 0 Å². The van der Waals surface area contributed by atoms with E-state index in [1.54, 1.807) is 0 Å². The molecule has 0 unspecified atom stereocenters. The van der Waals surface area contributed by atoms with Crippen LogP contribution >= 0.6 is 0 Å². The summed E-state index contributed by atoms with van der Waals surface area (Å²) in [6.07, 6.45) is 0. The molecule has 266 valence electrons. The molecule has 6 heterocycles. The van der Waals surface area contributed by atoms with Gasteiger partial charge in [-0.1, -0.05) is 109 Å². The molecule has 0 bridgehead atoms. The molecule has 0 spiro atoms. The van der Waals surface area contributed by atoms with Crippen molar-refractivity contribution >= 4 is 120 Å². The van der Waals surface area contributed by atoms with Gasteiger partial charge in [-0.2, -0.15) is 0 Å². The van der Waals surface area contributed by atoms with Gasteiger partial charge in [-0.3, -0.25) is 0 Å². The van der Waals surface area contributed by atoms with Crippen molar-refractivity contribution in [3.8, 4) is 11.4 Å². The molecular formula is C54H30N4. The third-order valence-electron chi connectivity index (χ3n) is 12.7. The number of fused-ring (bicyclic) bond motifs is 19. The summed E-state index contributed by atoms with van der Waals surface area (Å²) in [6, 6.07) is 37.9. The Labute approximate surface area is 343 Å². The number of nitrogens with zero attached hydrogens (tertiary/aromatic N) is 4. The highest BCUT2D eigenvalue weighted by Crippen LogP contribution is 2.49. The Bertz CT molecular complexity index is 4810. The standard InChI is InChI=1S/C54H30N4/c1-3-14-31(15-4-1)55-43-23-10-7-18-33(43)40-27-47-41(28-46(40)55)35-22-13-21-34-38-26-39-42-29-50-51(36-19-8-11-24-44(36)56(50)32-16-5-2-6-17-32)52-37-20-9-12-25-45(37)57(54(42)52)49(39)30-48(38)58(47)53(34)35/h1-30H/i1D,2D,3D,4D,5D,6D,14D,15D,16D,17D. The largest absolute Gasteiger partial charge is 0.309 e. The molecule has 58 heavy (non-hydrogen) atoms. The molecular weight excluding hydrogens is 705 g/mol. The molecule has 15 rings (SSSR count). The van der Waals surface area contributed by atoms with Gasteiger partial charge in [-0.15, -0.1) is 0 Å². The van der Waals surface area contributed by atoms with Crippen molar-refractivity contribution in [2.24, 2.45) is 0 Å². The van der Waals surface area contributed by atoms with Crippen molar-refractivity contribution in [2.75, 3.05) is 0 Å². The van der Waals surface area contributed by atoms with Crippen molar-refractivity contribution in [1.82, 2.24) is 17.9 Å². The zero-order valence-corrected chi connectivity index (χ0v) is 30.3. The van der Waals surface area contributed by atoms with Crippen LogP contribution in [0.2, 0.25) is 0 Å². The number of para-hydroxylation sites is 6. The predicted octanol–water partition coefficient (Wildman–Crippen LogP) is 14.2. The maximum atomic E-state index is 9.12. The molecule has 6 aromatic heterocycles. The monoisotopic (exact) mass is 744 g/mol. The van der Waals surface area contributed by atoms with Crippen LogP contribution in [0.1, 0.15) is 13.7 Å². The summed E-state index contributed by atoms with van der Waals surface area (Å²) >= 11 is 0. The lowest BCUT2D eigenvalue weighted by Crippen LogP contribution is -1.92. The average molecular weight is 745 g/mol. The number of rotatable bonds is 2. The summed E-state index contributed by atoms with van der Waals surface area (Å²) in [7, 11) is 0. The third kappa shape index (κ3) is 3.34. The van der Waals surface area contributed by atoms with Gasteiger partial charge in [-0.05, 0) is 72.7 Å². The molecule has 0 fully saturated rings. The molecule has 4 heteroatoms. The molecule has 0 N–H and O–H groups in total. The molecule has 15 aromatic rings. The topological polar surface area (TPSA) is 18.7 Å². The molecule has 4 nitrogen and oxygen atoms in total. The van der Waals surface area contributed by atoms with Crippen molar-refractivity contribution in [3.63, 3.8) is 0 Å². The van der Waals surface area contributed by atoms with E-state index in [-0.39, 0.29) is 59.7 Å². The lowest BCUT2D eigenvalue weighted by Gasteiger charge is -2.08. The maximum Gasteiger partial charge on any atom is 0.0645 e. The first kappa shape index (κ1) is 22.1. The average Bonchev–Trinajstić information content (AvgIpc) is 4.19. The Morgan fingerprint density at radius 2 is 0.759 bits per heavy atom. The number of hydrogen-bond acceptors (Lipinski definition) is 0. The maximum absolute atomic E-state index is 9.12. The minimum atomic E-state index is -0.436. The molecule has 0 aliphatic heterocycles. The summed E-state index contributed by atoms with van der Waals surface area (Å²) in [5, 5.41) is 11.8. The van der Waals surface area contributed by atoms with Gasteiger partial charge in [0, 0.05) is 76.0 Å². The molecule has 0 saturated heterocycles. The Morgan fingerprint density at radius 3 is 1.47 bits per heavy atom. The SMILES string of the molecule is [2H]c1c([2H])c([2H])c(-n2c3ccccc3c3cc4c(cc32)c2cccc3c5cc6c7cc8c(c9ccccc9n8-c8c([2H])c([2H])c([2H])c([2H])c8[2H])c8c9ccccc9n(c6cc5n4c23)c78)c([2H])c1[2H]. The second-order valence-corrected chi connectivity index (χ2v) is 15.4. The first-order valence-electron chi connectivity index (χ1n) is 24.3. The second kappa shape index (κ2) is 10.1. The Balaban J connectivity index is 1.10. The number of aromatic nitrogens is 4. The van der Waals surface area contributed by atoms with Gasteiger partial charge in [-0.25, -0.2) is 0 Å². The fourth-order valence-corrected chi connectivity index (χ4v) is 10.6. The van der Waals surface area contributed by atoms with E-state index in [2.05, 4.69) is 69.5 Å². The van der Waals surface area contributed by atoms with Crippen LogP contribution in [0, 0.1) is 0 Å². The van der Waals surface area contributed by atoms with Crippen LogP contribution in [0.25, 0.3) is 131 Å². The summed E-state index contributed by atoms with van der Waals surface area (Å²) < 4.78 is 95.7. The van der Waals surface area contributed by atoms with E-state index in [1.165, 1.54) is 0 Å². The van der Waals surface area contributed by atoms with Crippen LogP contribution in [0.3, 0.4) is 0 Å². The second-order valence-electron chi connectivity index (χ2n) is 15.4. The Hall–Kier alpha value is -7.82. The highest BCUT2D eigenvalue weighted by Gasteiger charge is 2.26. The van der Waals surface area contributed by atoms with Gasteiger partial charge in [0.1, 0.15) is 0 Å². The van der Waals surface area contributed by atoms with E-state index in [9.17, 15) is 0 Å². The highest BCUT2D eigenvalue weighted by molar-refractivity contribution is 6.37. The van der Waals surface area contributed by atoms with Crippen LogP contribution in [0.5, 0.6) is 0 Å². The van der Waals surface area contributed by atoms with Gasteiger partial charge < -0.3 is 17.9 Å². The van der Waals surface area contributed by atoms with Crippen molar-refractivity contribution in [2.45, 2.75) is 0 Å². The summed E-state index contributed by atoms with van der Waals surface area (Å²) in [5.74, 6) is 0. The zero-order valence-electron chi connectivity index (χ0n) is 40.3. The van der Waals surface area contributed by atoms with E-state index >= 15 is 0 Å². The molecule has 0 atom stereocenters. The molecule has 0 aliphatic rings.